The number of nitrogens with two attached hydrogens (primary N) is 1. The lowest BCUT2D eigenvalue weighted by molar-refractivity contribution is -0.147. The van der Waals surface area contributed by atoms with Gasteiger partial charge >= 0.3 is 5.97 Å². The number of fused-ring (bicyclic) bond motifs is 1. The largest absolute Gasteiger partial charge is 0.490 e. The second-order valence-electron chi connectivity index (χ2n) is 13.0. The maximum Gasteiger partial charge on any atom is 0.322 e. The zero-order valence-corrected chi connectivity index (χ0v) is 29.8. The molecular formula is C39H44F2N4O9. The minimum Gasteiger partial charge on any atom is -0.490 e. The van der Waals surface area contributed by atoms with Crippen LogP contribution in [0.15, 0.2) is 66.9 Å². The molecule has 1 heterocycles. The smallest absolute Gasteiger partial charge is 0.322 e. The number of rotatable bonds is 20. The van der Waals surface area contributed by atoms with Gasteiger partial charge in [-0.1, -0.05) is 6.42 Å². The molecule has 1 aromatic heterocycles. The van der Waals surface area contributed by atoms with Gasteiger partial charge in [0.1, 0.15) is 23.0 Å². The molecule has 5 rings (SSSR count). The molecule has 288 valence electrons. The van der Waals surface area contributed by atoms with Crippen LogP contribution in [0.4, 0.5) is 20.2 Å². The minimum absolute atomic E-state index is 0.0953. The first-order valence-electron chi connectivity index (χ1n) is 17.7. The summed E-state index contributed by atoms with van der Waals surface area (Å²) in [6.07, 6.45) is 4.61. The molecule has 0 spiro atoms. The molecule has 1 atom stereocenters. The van der Waals surface area contributed by atoms with E-state index in [2.05, 4.69) is 15.6 Å². The maximum absolute atomic E-state index is 15.4. The lowest BCUT2D eigenvalue weighted by Gasteiger charge is -2.17. The van der Waals surface area contributed by atoms with Crippen molar-refractivity contribution in [3.63, 3.8) is 0 Å². The molecule has 54 heavy (non-hydrogen) atoms. The van der Waals surface area contributed by atoms with Gasteiger partial charge in [-0.2, -0.15) is 0 Å². The first-order valence-corrected chi connectivity index (χ1v) is 17.7. The number of carbonyl (C=O) groups excluding carboxylic acids is 3. The lowest BCUT2D eigenvalue weighted by Crippen LogP contribution is -2.35. The Labute approximate surface area is 310 Å². The van der Waals surface area contributed by atoms with Crippen LogP contribution in [0, 0.1) is 23.0 Å². The average molecular weight is 751 g/mol. The van der Waals surface area contributed by atoms with Crippen LogP contribution in [0.5, 0.6) is 23.0 Å². The molecule has 15 heteroatoms. The Hall–Kier alpha value is -5.38. The number of hydrogen-bond acceptors (Lipinski definition) is 11. The number of halogens is 2. The summed E-state index contributed by atoms with van der Waals surface area (Å²) in [5.74, 6) is -2.33. The molecule has 0 bridgehead atoms. The Morgan fingerprint density at radius 3 is 2.20 bits per heavy atom. The fraction of sp³-hybridized carbons (Fsp3) is 0.385. The van der Waals surface area contributed by atoms with Gasteiger partial charge in [0.2, 0.25) is 11.8 Å². The third-order valence-corrected chi connectivity index (χ3v) is 8.90. The van der Waals surface area contributed by atoms with Gasteiger partial charge in [-0.15, -0.1) is 0 Å². The molecule has 6 N–H and O–H groups in total. The molecule has 0 aliphatic heterocycles. The Balaban J connectivity index is 1.16. The third kappa shape index (κ3) is 10.2. The number of ether oxygens (including phenoxy) is 4. The quantitative estimate of drug-likeness (QED) is 0.0437. The van der Waals surface area contributed by atoms with E-state index in [0.29, 0.717) is 79.2 Å². The van der Waals surface area contributed by atoms with E-state index in [9.17, 15) is 18.8 Å². The summed E-state index contributed by atoms with van der Waals surface area (Å²) in [7, 11) is 0. The van der Waals surface area contributed by atoms with Crippen molar-refractivity contribution < 1.29 is 52.3 Å². The van der Waals surface area contributed by atoms with Crippen LogP contribution in [-0.2, 0) is 19.1 Å². The van der Waals surface area contributed by atoms with Gasteiger partial charge in [-0.05, 0) is 87.6 Å². The highest BCUT2D eigenvalue weighted by molar-refractivity contribution is 6.16. The van der Waals surface area contributed by atoms with Crippen LogP contribution in [0.3, 0.4) is 0 Å². The molecule has 0 radical (unpaired) electrons. The second kappa shape index (κ2) is 18.6. The molecule has 4 aromatic rings. The van der Waals surface area contributed by atoms with E-state index in [1.54, 1.807) is 18.2 Å². The molecule has 1 aliphatic carbocycles. The number of anilines is 2. The van der Waals surface area contributed by atoms with E-state index in [-0.39, 0.29) is 31.3 Å². The van der Waals surface area contributed by atoms with Crippen LogP contribution in [0.1, 0.15) is 45.4 Å². The Kier molecular flexibility index (Phi) is 13.7. The highest BCUT2D eigenvalue weighted by Crippen LogP contribution is 2.48. The molecule has 13 nitrogen and oxygen atoms in total. The topological polar surface area (TPSA) is 192 Å². The number of aromatic nitrogens is 1. The molecular weight excluding hydrogens is 706 g/mol. The summed E-state index contributed by atoms with van der Waals surface area (Å²) in [5.41, 5.74) is 5.62. The van der Waals surface area contributed by atoms with Crippen molar-refractivity contribution in [2.45, 2.75) is 51.5 Å². The van der Waals surface area contributed by atoms with Crippen LogP contribution < -0.4 is 30.6 Å². The SMILES string of the molecule is CCOc1cc2c(Oc3ccc(NC(=O)C4(C(=O)Nc5ccc(F)cc5)CC4)cc3F)ccnc2cc1OCCCCCC(N)C(=O)OCC(CO)CO. The number of unbranched alkanes of at least 4 members (excludes halogenated alkanes) is 2. The summed E-state index contributed by atoms with van der Waals surface area (Å²) < 4.78 is 51.5. The number of nitrogens with one attached hydrogen (secondary N) is 2. The number of benzene rings is 3. The number of pyridine rings is 1. The van der Waals surface area contributed by atoms with Crippen molar-refractivity contribution in [1.82, 2.24) is 4.98 Å². The Bertz CT molecular complexity index is 1920. The van der Waals surface area contributed by atoms with Crippen molar-refractivity contribution in [3.05, 3.63) is 78.5 Å². The van der Waals surface area contributed by atoms with Crippen molar-refractivity contribution in [3.8, 4) is 23.0 Å². The van der Waals surface area contributed by atoms with Crippen LogP contribution in [0.2, 0.25) is 0 Å². The highest BCUT2D eigenvalue weighted by atomic mass is 19.1. The fourth-order valence-electron chi connectivity index (χ4n) is 5.51. The second-order valence-corrected chi connectivity index (χ2v) is 13.0. The Morgan fingerprint density at radius 2 is 1.54 bits per heavy atom. The summed E-state index contributed by atoms with van der Waals surface area (Å²) in [5, 5.41) is 24.0. The monoisotopic (exact) mass is 750 g/mol. The molecule has 1 unspecified atom stereocenters. The predicted molar refractivity (Wildman–Crippen MR) is 195 cm³/mol. The molecule has 1 saturated carbocycles. The maximum atomic E-state index is 15.4. The van der Waals surface area contributed by atoms with Gasteiger partial charge in [-0.3, -0.25) is 19.4 Å². The normalized spacial score (nSPS) is 13.6. The standard InChI is InChI=1S/C39H44F2N4O9/c1-2-51-34-19-28-31(20-35(34)52-17-5-3-4-6-30(42)36(48)53-23-24(21-46)22-47)43-16-13-32(28)54-33-12-11-27(18-29(33)41)45-38(50)39(14-15-39)37(49)44-26-9-7-25(40)8-10-26/h7-13,16,18-20,24,30,46-47H,2-6,14-15,17,21-23,42H2,1H3,(H,44,49)(H,45,50). The van der Waals surface area contributed by atoms with E-state index in [0.717, 1.165) is 12.5 Å². The Morgan fingerprint density at radius 1 is 0.852 bits per heavy atom. The van der Waals surface area contributed by atoms with Crippen LogP contribution in [-0.4, -0.2) is 72.1 Å². The van der Waals surface area contributed by atoms with Crippen LogP contribution in [0.25, 0.3) is 10.9 Å². The van der Waals surface area contributed by atoms with Crippen molar-refractivity contribution in [2.24, 2.45) is 17.1 Å². The molecule has 1 aliphatic rings. The van der Waals surface area contributed by atoms with Crippen LogP contribution >= 0.6 is 0 Å². The molecule has 0 saturated heterocycles. The first-order chi connectivity index (χ1) is 26.1. The number of hydrogen-bond donors (Lipinski definition) is 5. The van der Waals surface area contributed by atoms with Crippen molar-refractivity contribution in [2.75, 3.05) is 43.7 Å². The van der Waals surface area contributed by atoms with E-state index in [4.69, 9.17) is 34.9 Å². The van der Waals surface area contributed by atoms with Crippen molar-refractivity contribution in [1.29, 1.82) is 0 Å². The summed E-state index contributed by atoms with van der Waals surface area (Å²) in [4.78, 5) is 42.5. The number of aliphatic hydroxyl groups excluding tert-OH is 2. The van der Waals surface area contributed by atoms with E-state index < -0.39 is 46.8 Å². The van der Waals surface area contributed by atoms with Gasteiger partial charge in [-0.25, -0.2) is 8.78 Å². The first kappa shape index (κ1) is 39.8. The summed E-state index contributed by atoms with van der Waals surface area (Å²) >= 11 is 0. The predicted octanol–water partition coefficient (Wildman–Crippen LogP) is 5.47. The zero-order valence-electron chi connectivity index (χ0n) is 29.8. The lowest BCUT2D eigenvalue weighted by atomic mass is 10.0. The number of nitrogens with zero attached hydrogens (tertiary/aromatic N) is 1. The van der Waals surface area contributed by atoms with E-state index >= 15 is 4.39 Å². The van der Waals surface area contributed by atoms with Gasteiger partial charge < -0.3 is 45.5 Å². The van der Waals surface area contributed by atoms with Gasteiger partial charge in [0.05, 0.1) is 38.6 Å². The summed E-state index contributed by atoms with van der Waals surface area (Å²) in [6, 6.07) is 13.3. The summed E-state index contributed by atoms with van der Waals surface area (Å²) in [6.45, 7) is 1.85. The fourth-order valence-corrected chi connectivity index (χ4v) is 5.51. The average Bonchev–Trinajstić information content (AvgIpc) is 3.98. The van der Waals surface area contributed by atoms with Gasteiger partial charge in [0.25, 0.3) is 0 Å². The number of esters is 1. The zero-order chi connectivity index (χ0) is 38.7. The minimum atomic E-state index is -1.31. The number of aliphatic hydroxyl groups is 2. The number of amides is 2. The highest BCUT2D eigenvalue weighted by Gasteiger charge is 2.56. The third-order valence-electron chi connectivity index (χ3n) is 8.90. The van der Waals surface area contributed by atoms with Gasteiger partial charge in [0.15, 0.2) is 23.1 Å². The molecule has 1 fully saturated rings. The van der Waals surface area contributed by atoms with Crippen molar-refractivity contribution >= 4 is 40.1 Å². The van der Waals surface area contributed by atoms with E-state index in [1.807, 2.05) is 6.92 Å². The number of carbonyl (C=O) groups is 3. The van der Waals surface area contributed by atoms with Gasteiger partial charge in [0, 0.05) is 41.0 Å². The molecule has 2 amide bonds. The van der Waals surface area contributed by atoms with E-state index in [1.165, 1.54) is 42.6 Å². The molecule has 3 aromatic carbocycles.